The number of hydrogen-bond donors (Lipinski definition) is 7. The molecular formula is C22H22N4O5. The highest BCUT2D eigenvalue weighted by molar-refractivity contribution is 5.90. The SMILES string of the molecule is N[C@@H](Cc1c[nH]c2ccc(O)cc12)C(=O)N[C@@H](Cc1c[nH]c2ccc(O)cc12)C(=O)O. The van der Waals surface area contributed by atoms with Gasteiger partial charge in [-0.3, -0.25) is 4.79 Å². The molecule has 2 aromatic heterocycles. The van der Waals surface area contributed by atoms with Crippen molar-refractivity contribution in [2.45, 2.75) is 24.9 Å². The number of aromatic amines is 2. The lowest BCUT2D eigenvalue weighted by molar-refractivity contribution is -0.141. The number of carboxylic acid groups (broad SMARTS) is 1. The Bertz CT molecular complexity index is 1280. The molecule has 2 atom stereocenters. The van der Waals surface area contributed by atoms with Gasteiger partial charge >= 0.3 is 5.97 Å². The lowest BCUT2D eigenvalue weighted by Gasteiger charge is -2.17. The van der Waals surface area contributed by atoms with Gasteiger partial charge in [-0.25, -0.2) is 4.79 Å². The number of nitrogens with one attached hydrogen (secondary N) is 3. The summed E-state index contributed by atoms with van der Waals surface area (Å²) in [6.07, 6.45) is 3.57. The number of rotatable bonds is 7. The minimum atomic E-state index is -1.19. The molecule has 160 valence electrons. The van der Waals surface area contributed by atoms with Crippen LogP contribution in [0.4, 0.5) is 0 Å². The van der Waals surface area contributed by atoms with Crippen molar-refractivity contribution in [1.29, 1.82) is 0 Å². The molecule has 0 aliphatic rings. The van der Waals surface area contributed by atoms with Crippen LogP contribution >= 0.6 is 0 Å². The fourth-order valence-electron chi connectivity index (χ4n) is 3.70. The van der Waals surface area contributed by atoms with Gasteiger partial charge in [0.15, 0.2) is 0 Å². The van der Waals surface area contributed by atoms with E-state index in [1.54, 1.807) is 42.7 Å². The zero-order valence-electron chi connectivity index (χ0n) is 16.4. The van der Waals surface area contributed by atoms with Gasteiger partial charge in [-0.05, 0) is 53.9 Å². The van der Waals surface area contributed by atoms with Crippen LogP contribution < -0.4 is 11.1 Å². The Balaban J connectivity index is 1.48. The molecule has 4 rings (SSSR count). The molecule has 0 bridgehead atoms. The number of aliphatic carboxylic acids is 1. The number of phenols is 2. The first-order chi connectivity index (χ1) is 14.8. The van der Waals surface area contributed by atoms with Crippen molar-refractivity contribution in [3.8, 4) is 11.5 Å². The fourth-order valence-corrected chi connectivity index (χ4v) is 3.70. The van der Waals surface area contributed by atoms with E-state index in [-0.39, 0.29) is 24.3 Å². The number of amides is 1. The zero-order chi connectivity index (χ0) is 22.1. The summed E-state index contributed by atoms with van der Waals surface area (Å²) in [5.74, 6) is -1.62. The number of carbonyl (C=O) groups is 2. The van der Waals surface area contributed by atoms with E-state index in [0.29, 0.717) is 10.9 Å². The second-order valence-corrected chi connectivity index (χ2v) is 7.50. The molecule has 0 fully saturated rings. The maximum atomic E-state index is 12.6. The number of hydrogen-bond acceptors (Lipinski definition) is 5. The smallest absolute Gasteiger partial charge is 0.326 e. The van der Waals surface area contributed by atoms with Gasteiger partial charge in [-0.15, -0.1) is 0 Å². The maximum Gasteiger partial charge on any atom is 0.326 e. The minimum absolute atomic E-state index is 0.0260. The monoisotopic (exact) mass is 422 g/mol. The standard InChI is InChI=1S/C22H22N4O5/c23-17(5-11-9-24-18-3-1-13(27)7-15(11)18)21(29)26-20(22(30)31)6-12-10-25-19-4-2-14(28)8-16(12)19/h1-4,7-10,17,20,24-25,27-28H,5-6,23H2,(H,26,29)(H,30,31)/t17-,20-/m0/s1. The second kappa shape index (κ2) is 8.04. The molecule has 0 aliphatic heterocycles. The number of aromatic hydroxyl groups is 2. The van der Waals surface area contributed by atoms with Crippen molar-refractivity contribution in [2.24, 2.45) is 5.73 Å². The van der Waals surface area contributed by atoms with Crippen molar-refractivity contribution in [3.63, 3.8) is 0 Å². The number of fused-ring (bicyclic) bond motifs is 2. The summed E-state index contributed by atoms with van der Waals surface area (Å²) in [6, 6.07) is 7.46. The quantitative estimate of drug-likeness (QED) is 0.240. The number of aromatic nitrogens is 2. The third-order valence-corrected chi connectivity index (χ3v) is 5.32. The number of carbonyl (C=O) groups excluding carboxylic acids is 1. The van der Waals surface area contributed by atoms with Gasteiger partial charge in [0.1, 0.15) is 17.5 Å². The van der Waals surface area contributed by atoms with Crippen LogP contribution in [-0.4, -0.2) is 49.2 Å². The third-order valence-electron chi connectivity index (χ3n) is 5.32. The van der Waals surface area contributed by atoms with E-state index < -0.39 is 24.0 Å². The van der Waals surface area contributed by atoms with E-state index in [2.05, 4.69) is 15.3 Å². The zero-order valence-corrected chi connectivity index (χ0v) is 16.4. The van der Waals surface area contributed by atoms with Gasteiger partial charge in [-0.1, -0.05) is 0 Å². The third kappa shape index (κ3) is 4.17. The maximum absolute atomic E-state index is 12.6. The summed E-state index contributed by atoms with van der Waals surface area (Å²) >= 11 is 0. The van der Waals surface area contributed by atoms with Gasteiger partial charge in [0.25, 0.3) is 0 Å². The molecule has 1 amide bonds. The van der Waals surface area contributed by atoms with E-state index in [4.69, 9.17) is 5.73 Å². The average molecular weight is 422 g/mol. The first-order valence-electron chi connectivity index (χ1n) is 9.68. The van der Waals surface area contributed by atoms with Crippen molar-refractivity contribution in [3.05, 3.63) is 59.9 Å². The van der Waals surface area contributed by atoms with Gasteiger partial charge in [-0.2, -0.15) is 0 Å². The Morgan fingerprint density at radius 2 is 1.42 bits per heavy atom. The van der Waals surface area contributed by atoms with Crippen LogP contribution in [0.2, 0.25) is 0 Å². The van der Waals surface area contributed by atoms with Gasteiger partial charge in [0.2, 0.25) is 5.91 Å². The van der Waals surface area contributed by atoms with E-state index >= 15 is 0 Å². The molecule has 4 aromatic rings. The molecule has 0 unspecified atom stereocenters. The highest BCUT2D eigenvalue weighted by Crippen LogP contribution is 2.25. The number of H-pyrrole nitrogens is 2. The van der Waals surface area contributed by atoms with Crippen molar-refractivity contribution in [2.75, 3.05) is 0 Å². The lowest BCUT2D eigenvalue weighted by atomic mass is 10.0. The summed E-state index contributed by atoms with van der Waals surface area (Å²) in [7, 11) is 0. The number of carboxylic acids is 1. The lowest BCUT2D eigenvalue weighted by Crippen LogP contribution is -2.50. The second-order valence-electron chi connectivity index (χ2n) is 7.50. The minimum Gasteiger partial charge on any atom is -0.508 e. The van der Waals surface area contributed by atoms with Crippen molar-refractivity contribution in [1.82, 2.24) is 15.3 Å². The van der Waals surface area contributed by atoms with Crippen LogP contribution in [0.5, 0.6) is 11.5 Å². The van der Waals surface area contributed by atoms with E-state index in [1.165, 1.54) is 6.07 Å². The average Bonchev–Trinajstić information content (AvgIpc) is 3.31. The van der Waals surface area contributed by atoms with Gasteiger partial charge in [0.05, 0.1) is 6.04 Å². The van der Waals surface area contributed by atoms with Crippen LogP contribution in [0.15, 0.2) is 48.8 Å². The van der Waals surface area contributed by atoms with Crippen LogP contribution in [0.1, 0.15) is 11.1 Å². The molecule has 9 nitrogen and oxygen atoms in total. The Labute approximate surface area is 176 Å². The first kappa shape index (κ1) is 20.3. The highest BCUT2D eigenvalue weighted by Gasteiger charge is 2.25. The first-order valence-corrected chi connectivity index (χ1v) is 9.68. The molecular weight excluding hydrogens is 400 g/mol. The van der Waals surface area contributed by atoms with E-state index in [9.17, 15) is 24.9 Å². The van der Waals surface area contributed by atoms with E-state index in [0.717, 1.165) is 22.0 Å². The van der Waals surface area contributed by atoms with Gasteiger partial charge in [0, 0.05) is 40.6 Å². The Morgan fingerprint density at radius 1 is 0.903 bits per heavy atom. The van der Waals surface area contributed by atoms with Crippen LogP contribution in [0.3, 0.4) is 0 Å². The van der Waals surface area contributed by atoms with E-state index in [1.807, 2.05) is 0 Å². The molecule has 0 spiro atoms. The summed E-state index contributed by atoms with van der Waals surface area (Å²) in [5, 5.41) is 33.0. The predicted octanol–water partition coefficient (Wildman–Crippen LogP) is 1.74. The summed E-state index contributed by atoms with van der Waals surface area (Å²) in [4.78, 5) is 30.5. The summed E-state index contributed by atoms with van der Waals surface area (Å²) in [6.45, 7) is 0. The van der Waals surface area contributed by atoms with Crippen LogP contribution in [-0.2, 0) is 22.4 Å². The topological polar surface area (TPSA) is 164 Å². The Morgan fingerprint density at radius 3 is 1.94 bits per heavy atom. The number of nitrogens with two attached hydrogens (primary N) is 1. The molecule has 2 aromatic carbocycles. The Hall–Kier alpha value is -3.98. The molecule has 0 aliphatic carbocycles. The Kier molecular flexibility index (Phi) is 5.26. The molecule has 0 radical (unpaired) electrons. The van der Waals surface area contributed by atoms with Crippen molar-refractivity contribution < 1.29 is 24.9 Å². The summed E-state index contributed by atoms with van der Waals surface area (Å²) < 4.78 is 0. The van der Waals surface area contributed by atoms with Crippen molar-refractivity contribution >= 4 is 33.7 Å². The van der Waals surface area contributed by atoms with Gasteiger partial charge < -0.3 is 36.3 Å². The normalized spacial score (nSPS) is 13.3. The van der Waals surface area contributed by atoms with Crippen LogP contribution in [0.25, 0.3) is 21.8 Å². The fraction of sp³-hybridized carbons (Fsp3) is 0.182. The number of benzene rings is 2. The molecule has 2 heterocycles. The largest absolute Gasteiger partial charge is 0.508 e. The summed E-state index contributed by atoms with van der Waals surface area (Å²) in [5.41, 5.74) is 8.99. The molecule has 31 heavy (non-hydrogen) atoms. The molecule has 8 N–H and O–H groups in total. The van der Waals surface area contributed by atoms with Crippen LogP contribution in [0, 0.1) is 0 Å². The predicted molar refractivity (Wildman–Crippen MR) is 115 cm³/mol. The molecule has 9 heteroatoms. The highest BCUT2D eigenvalue weighted by atomic mass is 16.4. The molecule has 0 saturated carbocycles. The number of phenolic OH excluding ortho intramolecular Hbond substituents is 2. The molecule has 0 saturated heterocycles.